The van der Waals surface area contributed by atoms with Crippen molar-refractivity contribution in [3.05, 3.63) is 50.5 Å². The molecule has 0 aliphatic rings. The molecule has 1 aromatic carbocycles. The van der Waals surface area contributed by atoms with Crippen molar-refractivity contribution in [2.75, 3.05) is 0 Å². The molecule has 98 valence electrons. The molecule has 0 aliphatic carbocycles. The summed E-state index contributed by atoms with van der Waals surface area (Å²) in [6.45, 7) is 3.61. The second-order valence-corrected chi connectivity index (χ2v) is 4.58. The highest BCUT2D eigenvalue weighted by molar-refractivity contribution is 7.71. The average Bonchev–Trinajstić information content (AvgIpc) is 2.27. The molecule has 0 fully saturated rings. The number of hydrogen-bond donors (Lipinski definition) is 3. The van der Waals surface area contributed by atoms with Gasteiger partial charge >= 0.3 is 0 Å². The number of benzene rings is 1. The first kappa shape index (κ1) is 13.2. The summed E-state index contributed by atoms with van der Waals surface area (Å²) in [5.74, 6) is -0.275. The van der Waals surface area contributed by atoms with Gasteiger partial charge in [0.2, 0.25) is 5.88 Å². The number of aromatic nitrogens is 2. The van der Waals surface area contributed by atoms with E-state index >= 15 is 0 Å². The van der Waals surface area contributed by atoms with Crippen LogP contribution in [0.2, 0.25) is 0 Å². The molecule has 6 heteroatoms. The summed E-state index contributed by atoms with van der Waals surface area (Å²) >= 11 is 4.77. The predicted molar refractivity (Wildman–Crippen MR) is 77.0 cm³/mol. The van der Waals surface area contributed by atoms with E-state index in [-0.39, 0.29) is 16.2 Å². The number of hydrogen-bond acceptors (Lipinski definition) is 4. The lowest BCUT2D eigenvalue weighted by Crippen LogP contribution is -2.17. The number of aryl methyl sites for hydroxylation is 1. The summed E-state index contributed by atoms with van der Waals surface area (Å²) in [5, 5.41) is 9.75. The third-order valence-corrected chi connectivity index (χ3v) is 2.79. The van der Waals surface area contributed by atoms with E-state index in [1.807, 2.05) is 31.2 Å². The first-order valence-corrected chi connectivity index (χ1v) is 6.06. The van der Waals surface area contributed by atoms with E-state index in [1.54, 1.807) is 6.92 Å². The van der Waals surface area contributed by atoms with Crippen molar-refractivity contribution < 1.29 is 5.11 Å². The molecule has 0 atom stereocenters. The van der Waals surface area contributed by atoms with E-state index in [4.69, 9.17) is 12.2 Å². The Morgan fingerprint density at radius 2 is 2.11 bits per heavy atom. The van der Waals surface area contributed by atoms with Gasteiger partial charge in [-0.15, -0.1) is 0 Å². The molecular weight excluding hydrogens is 262 g/mol. The number of H-pyrrole nitrogens is 2. The minimum atomic E-state index is -0.463. The Hall–Kier alpha value is -2.21. The molecule has 5 nitrogen and oxygen atoms in total. The quantitative estimate of drug-likeness (QED) is 0.582. The van der Waals surface area contributed by atoms with Crippen molar-refractivity contribution >= 4 is 23.6 Å². The van der Waals surface area contributed by atoms with E-state index in [0.717, 1.165) is 11.3 Å². The molecule has 1 aromatic heterocycles. The van der Waals surface area contributed by atoms with Crippen LogP contribution in [0.3, 0.4) is 0 Å². The van der Waals surface area contributed by atoms with E-state index in [1.165, 1.54) is 0 Å². The number of aromatic hydroxyl groups is 1. The molecule has 0 radical (unpaired) electrons. The molecule has 0 bridgehead atoms. The molecule has 0 aliphatic heterocycles. The number of nitrogens with zero attached hydrogens (tertiary/aromatic N) is 1. The van der Waals surface area contributed by atoms with E-state index < -0.39 is 5.56 Å². The molecule has 0 spiro atoms. The molecule has 3 N–H and O–H groups in total. The summed E-state index contributed by atoms with van der Waals surface area (Å²) in [5.41, 5.74) is 1.83. The summed E-state index contributed by atoms with van der Waals surface area (Å²) < 4.78 is 0.0783. The second kappa shape index (κ2) is 5.19. The summed E-state index contributed by atoms with van der Waals surface area (Å²) in [4.78, 5) is 21.0. The highest BCUT2D eigenvalue weighted by atomic mass is 32.1. The monoisotopic (exact) mass is 275 g/mol. The lowest BCUT2D eigenvalue weighted by Gasteiger charge is -2.03. The Morgan fingerprint density at radius 1 is 1.37 bits per heavy atom. The van der Waals surface area contributed by atoms with E-state index in [9.17, 15) is 9.90 Å². The fourth-order valence-electron chi connectivity index (χ4n) is 1.76. The molecule has 0 saturated carbocycles. The molecule has 2 rings (SSSR count). The van der Waals surface area contributed by atoms with Crippen LogP contribution in [-0.4, -0.2) is 20.8 Å². The minimum Gasteiger partial charge on any atom is -0.494 e. The third kappa shape index (κ3) is 2.97. The zero-order chi connectivity index (χ0) is 14.0. The van der Waals surface area contributed by atoms with Gasteiger partial charge in [-0.1, -0.05) is 12.1 Å². The SMILES string of the molecule is CC(=Nc1cccc(C)c1)c1c(O)[nH]c(=S)[nH]c1=O. The van der Waals surface area contributed by atoms with Gasteiger partial charge in [0, 0.05) is 0 Å². The van der Waals surface area contributed by atoms with E-state index in [2.05, 4.69) is 15.0 Å². The van der Waals surface area contributed by atoms with Crippen molar-refractivity contribution in [1.82, 2.24) is 9.97 Å². The first-order valence-electron chi connectivity index (χ1n) is 5.65. The number of nitrogens with one attached hydrogen (secondary N) is 2. The Bertz CT molecular complexity index is 759. The van der Waals surface area contributed by atoms with E-state index in [0.29, 0.717) is 5.71 Å². The van der Waals surface area contributed by atoms with Crippen molar-refractivity contribution in [2.24, 2.45) is 4.99 Å². The maximum atomic E-state index is 11.8. The second-order valence-electron chi connectivity index (χ2n) is 4.17. The van der Waals surface area contributed by atoms with Crippen molar-refractivity contribution in [3.63, 3.8) is 0 Å². The van der Waals surface area contributed by atoms with Crippen LogP contribution in [-0.2, 0) is 0 Å². The van der Waals surface area contributed by atoms with Crippen molar-refractivity contribution in [3.8, 4) is 5.88 Å². The molecule has 0 amide bonds. The first-order chi connectivity index (χ1) is 8.97. The summed E-state index contributed by atoms with van der Waals surface area (Å²) in [7, 11) is 0. The normalized spacial score (nSPS) is 11.6. The van der Waals surface area contributed by atoms with Crippen LogP contribution < -0.4 is 5.56 Å². The van der Waals surface area contributed by atoms with Gasteiger partial charge < -0.3 is 10.1 Å². The summed E-state index contributed by atoms with van der Waals surface area (Å²) in [6.07, 6.45) is 0. The van der Waals surface area contributed by atoms with Crippen molar-refractivity contribution in [1.29, 1.82) is 0 Å². The Balaban J connectivity index is 2.54. The Morgan fingerprint density at radius 3 is 2.74 bits per heavy atom. The molecule has 0 unspecified atom stereocenters. The van der Waals surface area contributed by atoms with Crippen LogP contribution in [0.25, 0.3) is 0 Å². The molecular formula is C13H13N3O2S. The summed E-state index contributed by atoms with van der Waals surface area (Å²) in [6, 6.07) is 7.55. The third-order valence-electron chi connectivity index (χ3n) is 2.58. The predicted octanol–water partition coefficient (Wildman–Crippen LogP) is 2.59. The smallest absolute Gasteiger partial charge is 0.264 e. The highest BCUT2D eigenvalue weighted by Crippen LogP contribution is 2.17. The minimum absolute atomic E-state index is 0.0783. The zero-order valence-electron chi connectivity index (χ0n) is 10.5. The van der Waals surface area contributed by atoms with Crippen LogP contribution in [0.5, 0.6) is 5.88 Å². The fraction of sp³-hybridized carbons (Fsp3) is 0.154. The standard InChI is InChI=1S/C13H13N3O2S/c1-7-4-3-5-9(6-7)14-8(2)10-11(17)15-13(19)16-12(10)18/h3-6H,1-2H3,(H3,15,16,17,18,19). The molecule has 1 heterocycles. The highest BCUT2D eigenvalue weighted by Gasteiger charge is 2.10. The largest absolute Gasteiger partial charge is 0.494 e. The Kier molecular flexibility index (Phi) is 3.62. The zero-order valence-corrected chi connectivity index (χ0v) is 11.3. The molecule has 0 saturated heterocycles. The number of rotatable bonds is 2. The molecule has 2 aromatic rings. The van der Waals surface area contributed by atoms with Crippen molar-refractivity contribution in [2.45, 2.75) is 13.8 Å². The lowest BCUT2D eigenvalue weighted by molar-refractivity contribution is 0.448. The number of aliphatic imine (C=N–C) groups is 1. The van der Waals surface area contributed by atoms with Crippen LogP contribution >= 0.6 is 12.2 Å². The maximum absolute atomic E-state index is 11.8. The van der Waals surface area contributed by atoms with Gasteiger partial charge in [0.1, 0.15) is 5.56 Å². The average molecular weight is 275 g/mol. The van der Waals surface area contributed by atoms with Gasteiger partial charge in [-0.05, 0) is 43.8 Å². The van der Waals surface area contributed by atoms with Gasteiger partial charge in [0.15, 0.2) is 4.77 Å². The van der Waals surface area contributed by atoms with Gasteiger partial charge in [0.25, 0.3) is 5.56 Å². The van der Waals surface area contributed by atoms with Crippen LogP contribution in [0.4, 0.5) is 5.69 Å². The lowest BCUT2D eigenvalue weighted by atomic mass is 10.2. The van der Waals surface area contributed by atoms with Crippen LogP contribution in [0, 0.1) is 11.7 Å². The van der Waals surface area contributed by atoms with Gasteiger partial charge in [-0.3, -0.25) is 14.8 Å². The van der Waals surface area contributed by atoms with Gasteiger partial charge in [0.05, 0.1) is 11.4 Å². The van der Waals surface area contributed by atoms with Crippen LogP contribution in [0.15, 0.2) is 34.1 Å². The topological polar surface area (TPSA) is 81.2 Å². The molecule has 19 heavy (non-hydrogen) atoms. The maximum Gasteiger partial charge on any atom is 0.264 e. The van der Waals surface area contributed by atoms with Gasteiger partial charge in [-0.25, -0.2) is 0 Å². The van der Waals surface area contributed by atoms with Gasteiger partial charge in [-0.2, -0.15) is 0 Å². The Labute approximate surface area is 114 Å². The number of aromatic amines is 2. The van der Waals surface area contributed by atoms with Crippen LogP contribution in [0.1, 0.15) is 18.1 Å². The fourth-order valence-corrected chi connectivity index (χ4v) is 1.95.